The molecule has 0 saturated carbocycles. The van der Waals surface area contributed by atoms with Crippen molar-refractivity contribution in [1.29, 1.82) is 0 Å². The molecule has 2 aromatic heterocycles. The first-order valence-corrected chi connectivity index (χ1v) is 6.11. The molecule has 0 aromatic carbocycles. The Labute approximate surface area is 119 Å². The molecule has 0 aliphatic heterocycles. The summed E-state index contributed by atoms with van der Waals surface area (Å²) in [5.74, 6) is -1.88. The lowest BCUT2D eigenvalue weighted by atomic mass is 10.1. The molecule has 1 amide bonds. The molecule has 8 heteroatoms. The quantitative estimate of drug-likeness (QED) is 0.669. The number of hydrogen-bond donors (Lipinski definition) is 4. The van der Waals surface area contributed by atoms with E-state index in [1.165, 1.54) is 6.07 Å². The lowest BCUT2D eigenvalue weighted by Crippen LogP contribution is -2.26. The normalized spacial score (nSPS) is 10.4. The van der Waals surface area contributed by atoms with Gasteiger partial charge in [-0.25, -0.2) is 9.89 Å². The first-order chi connectivity index (χ1) is 9.81. The molecule has 2 aromatic rings. The molecule has 21 heavy (non-hydrogen) atoms. The van der Waals surface area contributed by atoms with Gasteiger partial charge in [-0.1, -0.05) is 0 Å². The van der Waals surface area contributed by atoms with Crippen LogP contribution in [-0.4, -0.2) is 32.2 Å². The Kier molecular flexibility index (Phi) is 3.62. The number of nitrogens with one attached hydrogen (secondary N) is 3. The average molecular weight is 290 g/mol. The molecule has 0 spiro atoms. The molecule has 0 aliphatic carbocycles. The van der Waals surface area contributed by atoms with Gasteiger partial charge in [-0.05, 0) is 32.4 Å². The van der Waals surface area contributed by atoms with E-state index in [1.807, 2.05) is 0 Å². The van der Waals surface area contributed by atoms with E-state index in [1.54, 1.807) is 20.8 Å². The summed E-state index contributed by atoms with van der Waals surface area (Å²) in [7, 11) is 0. The zero-order valence-electron chi connectivity index (χ0n) is 11.7. The van der Waals surface area contributed by atoms with Crippen LogP contribution in [0.2, 0.25) is 0 Å². The lowest BCUT2D eigenvalue weighted by molar-refractivity contribution is 0.0692. The van der Waals surface area contributed by atoms with Gasteiger partial charge in [-0.3, -0.25) is 9.59 Å². The molecule has 0 aliphatic rings. The van der Waals surface area contributed by atoms with Gasteiger partial charge >= 0.3 is 5.97 Å². The second-order valence-corrected chi connectivity index (χ2v) is 4.64. The highest BCUT2D eigenvalue weighted by Gasteiger charge is 2.20. The van der Waals surface area contributed by atoms with E-state index in [0.717, 1.165) is 0 Å². The number of aryl methyl sites for hydroxylation is 2. The van der Waals surface area contributed by atoms with Gasteiger partial charge in [0.1, 0.15) is 11.3 Å². The van der Waals surface area contributed by atoms with Crippen LogP contribution >= 0.6 is 0 Å². The van der Waals surface area contributed by atoms with Crippen molar-refractivity contribution >= 4 is 17.6 Å². The van der Waals surface area contributed by atoms with Crippen LogP contribution in [0.1, 0.15) is 37.8 Å². The van der Waals surface area contributed by atoms with E-state index in [-0.39, 0.29) is 16.9 Å². The van der Waals surface area contributed by atoms with Gasteiger partial charge < -0.3 is 15.4 Å². The number of rotatable bonds is 3. The molecule has 0 fully saturated rings. The van der Waals surface area contributed by atoms with E-state index < -0.39 is 17.4 Å². The van der Waals surface area contributed by atoms with Crippen molar-refractivity contribution in [3.63, 3.8) is 0 Å². The number of carboxylic acids is 1. The van der Waals surface area contributed by atoms with Crippen molar-refractivity contribution in [2.75, 3.05) is 5.32 Å². The summed E-state index contributed by atoms with van der Waals surface area (Å²) in [4.78, 5) is 37.7. The average Bonchev–Trinajstić information content (AvgIpc) is 2.75. The van der Waals surface area contributed by atoms with Crippen molar-refractivity contribution in [2.45, 2.75) is 20.8 Å². The van der Waals surface area contributed by atoms with Crippen LogP contribution in [0.25, 0.3) is 0 Å². The number of carboxylic acid groups (broad SMARTS) is 1. The molecule has 4 N–H and O–H groups in total. The van der Waals surface area contributed by atoms with Gasteiger partial charge in [0.05, 0.1) is 11.4 Å². The fraction of sp³-hybridized carbons (Fsp3) is 0.231. The molecule has 0 saturated heterocycles. The number of hydrogen-bond acceptors (Lipinski definition) is 4. The minimum Gasteiger partial charge on any atom is -0.477 e. The summed E-state index contributed by atoms with van der Waals surface area (Å²) in [6.45, 7) is 4.93. The number of H-pyrrole nitrogens is 2. The highest BCUT2D eigenvalue weighted by atomic mass is 16.4. The van der Waals surface area contributed by atoms with Gasteiger partial charge in [0, 0.05) is 5.69 Å². The first kappa shape index (κ1) is 14.5. The summed E-state index contributed by atoms with van der Waals surface area (Å²) in [5.41, 5.74) is 0.805. The number of nitrogens with zero attached hydrogens (tertiary/aromatic N) is 1. The van der Waals surface area contributed by atoms with Crippen LogP contribution in [-0.2, 0) is 0 Å². The Morgan fingerprint density at radius 3 is 2.57 bits per heavy atom. The van der Waals surface area contributed by atoms with Crippen LogP contribution < -0.4 is 10.9 Å². The topological polar surface area (TPSA) is 128 Å². The third kappa shape index (κ3) is 2.69. The number of aromatic nitrogens is 3. The van der Waals surface area contributed by atoms with Crippen molar-refractivity contribution < 1.29 is 14.7 Å². The summed E-state index contributed by atoms with van der Waals surface area (Å²) in [5, 5.41) is 17.5. The number of anilines is 1. The van der Waals surface area contributed by atoms with E-state index >= 15 is 0 Å². The minimum absolute atomic E-state index is 0.0855. The van der Waals surface area contributed by atoms with E-state index in [4.69, 9.17) is 5.11 Å². The van der Waals surface area contributed by atoms with Crippen molar-refractivity contribution in [3.8, 4) is 0 Å². The third-order valence-corrected chi connectivity index (χ3v) is 3.11. The summed E-state index contributed by atoms with van der Waals surface area (Å²) < 4.78 is 0. The van der Waals surface area contributed by atoms with E-state index in [9.17, 15) is 14.4 Å². The predicted octanol–water partition coefficient (Wildman–Crippen LogP) is 0.974. The van der Waals surface area contributed by atoms with Crippen LogP contribution in [0, 0.1) is 20.8 Å². The maximum absolute atomic E-state index is 12.2. The number of aromatic carboxylic acids is 1. The van der Waals surface area contributed by atoms with Crippen molar-refractivity contribution in [1.82, 2.24) is 15.2 Å². The van der Waals surface area contributed by atoms with Crippen LogP contribution in [0.5, 0.6) is 0 Å². The molecule has 2 rings (SSSR count). The van der Waals surface area contributed by atoms with E-state index in [2.05, 4.69) is 20.5 Å². The SMILES string of the molecule is Cc1cc(NC(=O)c2c(C)c(C)n[nH]c2=O)c(C(=O)O)[nH]1. The standard InChI is InChI=1S/C13H14N4O4/c1-5-4-8(10(14-5)13(20)21)15-11(18)9-6(2)7(3)16-17-12(9)19/h4,14H,1-3H3,(H,15,18)(H,17,19)(H,20,21). The lowest BCUT2D eigenvalue weighted by Gasteiger charge is -2.07. The Balaban J connectivity index is 2.42. The molecule has 0 atom stereocenters. The monoisotopic (exact) mass is 290 g/mol. The maximum atomic E-state index is 12.2. The third-order valence-electron chi connectivity index (χ3n) is 3.11. The highest BCUT2D eigenvalue weighted by molar-refractivity contribution is 6.08. The number of amides is 1. The Bertz CT molecular complexity index is 788. The van der Waals surface area contributed by atoms with E-state index in [0.29, 0.717) is 17.0 Å². The first-order valence-electron chi connectivity index (χ1n) is 6.11. The second kappa shape index (κ2) is 5.23. The van der Waals surface area contributed by atoms with Gasteiger partial charge in [-0.15, -0.1) is 0 Å². The minimum atomic E-state index is -1.20. The summed E-state index contributed by atoms with van der Waals surface area (Å²) in [6, 6.07) is 1.49. The molecular formula is C13H14N4O4. The summed E-state index contributed by atoms with van der Waals surface area (Å²) in [6.07, 6.45) is 0. The molecule has 8 nitrogen and oxygen atoms in total. The predicted molar refractivity (Wildman–Crippen MR) is 74.8 cm³/mol. The molecular weight excluding hydrogens is 276 g/mol. The second-order valence-electron chi connectivity index (χ2n) is 4.64. The van der Waals surface area contributed by atoms with Crippen LogP contribution in [0.15, 0.2) is 10.9 Å². The summed E-state index contributed by atoms with van der Waals surface area (Å²) >= 11 is 0. The van der Waals surface area contributed by atoms with Gasteiger partial charge in [0.2, 0.25) is 0 Å². The van der Waals surface area contributed by atoms with Gasteiger partial charge in [-0.2, -0.15) is 5.10 Å². The maximum Gasteiger partial charge on any atom is 0.354 e. The highest BCUT2D eigenvalue weighted by Crippen LogP contribution is 2.18. The molecule has 0 bridgehead atoms. The smallest absolute Gasteiger partial charge is 0.354 e. The van der Waals surface area contributed by atoms with Crippen molar-refractivity contribution in [2.24, 2.45) is 0 Å². The molecule has 0 radical (unpaired) electrons. The van der Waals surface area contributed by atoms with Crippen molar-refractivity contribution in [3.05, 3.63) is 44.6 Å². The number of carbonyl (C=O) groups excluding carboxylic acids is 1. The Hall–Kier alpha value is -2.90. The largest absolute Gasteiger partial charge is 0.477 e. The van der Waals surface area contributed by atoms with Gasteiger partial charge in [0.15, 0.2) is 0 Å². The fourth-order valence-corrected chi connectivity index (χ4v) is 1.94. The molecule has 0 unspecified atom stereocenters. The Morgan fingerprint density at radius 2 is 1.95 bits per heavy atom. The Morgan fingerprint density at radius 1 is 1.29 bits per heavy atom. The number of aromatic amines is 2. The van der Waals surface area contributed by atoms with Crippen LogP contribution in [0.4, 0.5) is 5.69 Å². The fourth-order valence-electron chi connectivity index (χ4n) is 1.94. The number of carbonyl (C=O) groups is 2. The zero-order chi connectivity index (χ0) is 15.7. The van der Waals surface area contributed by atoms with Gasteiger partial charge in [0.25, 0.3) is 11.5 Å². The molecule has 2 heterocycles. The molecule has 110 valence electrons. The van der Waals surface area contributed by atoms with Crippen LogP contribution in [0.3, 0.4) is 0 Å². The zero-order valence-corrected chi connectivity index (χ0v) is 11.7.